The third-order valence-corrected chi connectivity index (χ3v) is 5.04. The molecular formula is C15H14F3N3OS. The summed E-state index contributed by atoms with van der Waals surface area (Å²) in [5.41, 5.74) is 6.09. The first kappa shape index (κ1) is 15.8. The minimum Gasteiger partial charge on any atom is -0.369 e. The van der Waals surface area contributed by atoms with Gasteiger partial charge in [-0.25, -0.2) is 4.98 Å². The van der Waals surface area contributed by atoms with Crippen molar-refractivity contribution in [2.45, 2.75) is 6.18 Å². The molecule has 2 atom stereocenters. The molecule has 8 heteroatoms. The molecule has 1 saturated heterocycles. The average Bonchev–Trinajstić information content (AvgIpc) is 3.14. The van der Waals surface area contributed by atoms with Gasteiger partial charge in [-0.05, 0) is 5.56 Å². The first-order valence-electron chi connectivity index (χ1n) is 6.98. The highest BCUT2D eigenvalue weighted by Crippen LogP contribution is 2.41. The van der Waals surface area contributed by atoms with Gasteiger partial charge >= 0.3 is 6.18 Å². The van der Waals surface area contributed by atoms with Crippen LogP contribution in [0.4, 0.5) is 18.3 Å². The molecular weight excluding hydrogens is 327 g/mol. The second-order valence-electron chi connectivity index (χ2n) is 5.44. The van der Waals surface area contributed by atoms with Crippen molar-refractivity contribution in [1.82, 2.24) is 4.98 Å². The number of thiazole rings is 1. The van der Waals surface area contributed by atoms with Gasteiger partial charge in [0.1, 0.15) is 0 Å². The monoisotopic (exact) mass is 341 g/mol. The van der Waals surface area contributed by atoms with E-state index in [1.54, 1.807) is 6.20 Å². The lowest BCUT2D eigenvalue weighted by molar-refractivity contribution is -0.181. The zero-order valence-corrected chi connectivity index (χ0v) is 12.8. The predicted molar refractivity (Wildman–Crippen MR) is 82.0 cm³/mol. The summed E-state index contributed by atoms with van der Waals surface area (Å²) in [6.45, 7) is -0.347. The standard InChI is InChI=1S/C15H14F3N3OS/c16-15(17,18)11-8-21(7-10(11)13(19)22)14-20-6-12(23-14)9-4-2-1-3-5-9/h1-6,10-11H,7-8H2,(H2,19,22)/t10-,11-/m1/s1. The van der Waals surface area contributed by atoms with E-state index >= 15 is 0 Å². The van der Waals surface area contributed by atoms with Crippen molar-refractivity contribution < 1.29 is 18.0 Å². The Kier molecular flexibility index (Phi) is 4.01. The van der Waals surface area contributed by atoms with Crippen molar-refractivity contribution in [2.75, 3.05) is 18.0 Å². The number of halogens is 3. The number of carbonyl (C=O) groups excluding carboxylic acids is 1. The Morgan fingerprint density at radius 3 is 2.52 bits per heavy atom. The van der Waals surface area contributed by atoms with Crippen molar-refractivity contribution in [3.63, 3.8) is 0 Å². The van der Waals surface area contributed by atoms with Crippen LogP contribution in [0.5, 0.6) is 0 Å². The smallest absolute Gasteiger partial charge is 0.369 e. The van der Waals surface area contributed by atoms with E-state index in [-0.39, 0.29) is 13.1 Å². The fraction of sp³-hybridized carbons (Fsp3) is 0.333. The summed E-state index contributed by atoms with van der Waals surface area (Å²) >= 11 is 1.31. The van der Waals surface area contributed by atoms with Gasteiger partial charge in [0, 0.05) is 19.3 Å². The van der Waals surface area contributed by atoms with Crippen LogP contribution in [0.15, 0.2) is 36.5 Å². The van der Waals surface area contributed by atoms with Crippen LogP contribution in [-0.2, 0) is 4.79 Å². The van der Waals surface area contributed by atoms with Crippen LogP contribution in [0.3, 0.4) is 0 Å². The van der Waals surface area contributed by atoms with Crippen molar-refractivity contribution in [3.8, 4) is 10.4 Å². The quantitative estimate of drug-likeness (QED) is 0.934. The summed E-state index contributed by atoms with van der Waals surface area (Å²) in [6, 6.07) is 9.47. The summed E-state index contributed by atoms with van der Waals surface area (Å²) in [7, 11) is 0. The lowest BCUT2D eigenvalue weighted by Gasteiger charge is -2.18. The minimum atomic E-state index is -4.45. The van der Waals surface area contributed by atoms with E-state index in [1.165, 1.54) is 16.2 Å². The number of nitrogens with two attached hydrogens (primary N) is 1. The SMILES string of the molecule is NC(=O)[C@@H]1CN(c2ncc(-c3ccccc3)s2)C[C@H]1C(F)(F)F. The van der Waals surface area contributed by atoms with Gasteiger partial charge in [-0.1, -0.05) is 41.7 Å². The number of hydrogen-bond acceptors (Lipinski definition) is 4. The molecule has 0 aliphatic carbocycles. The Bertz CT molecular complexity index is 701. The van der Waals surface area contributed by atoms with Crippen LogP contribution in [0.25, 0.3) is 10.4 Å². The molecule has 4 nitrogen and oxygen atoms in total. The van der Waals surface area contributed by atoms with Gasteiger partial charge in [-0.3, -0.25) is 4.79 Å². The largest absolute Gasteiger partial charge is 0.394 e. The van der Waals surface area contributed by atoms with Crippen LogP contribution in [-0.4, -0.2) is 30.2 Å². The number of alkyl halides is 3. The Morgan fingerprint density at radius 2 is 1.96 bits per heavy atom. The molecule has 0 unspecified atom stereocenters. The highest BCUT2D eigenvalue weighted by Gasteiger charge is 2.52. The third kappa shape index (κ3) is 3.17. The van der Waals surface area contributed by atoms with Gasteiger partial charge in [-0.2, -0.15) is 13.2 Å². The van der Waals surface area contributed by atoms with Crippen LogP contribution in [0, 0.1) is 11.8 Å². The lowest BCUT2D eigenvalue weighted by Crippen LogP contribution is -2.37. The molecule has 1 amide bonds. The Labute approximate surface area is 134 Å². The lowest BCUT2D eigenvalue weighted by atomic mass is 9.95. The number of anilines is 1. The second kappa shape index (κ2) is 5.84. The van der Waals surface area contributed by atoms with Crippen LogP contribution in [0.2, 0.25) is 0 Å². The maximum Gasteiger partial charge on any atom is 0.394 e. The fourth-order valence-electron chi connectivity index (χ4n) is 2.73. The predicted octanol–water partition coefficient (Wildman–Crippen LogP) is 2.91. The average molecular weight is 341 g/mol. The van der Waals surface area contributed by atoms with E-state index in [1.807, 2.05) is 30.3 Å². The zero-order valence-electron chi connectivity index (χ0n) is 12.0. The Balaban J connectivity index is 1.83. The van der Waals surface area contributed by atoms with Gasteiger partial charge in [0.05, 0.1) is 16.7 Å². The highest BCUT2D eigenvalue weighted by molar-refractivity contribution is 7.18. The second-order valence-corrected chi connectivity index (χ2v) is 6.44. The van der Waals surface area contributed by atoms with Crippen molar-refractivity contribution in [1.29, 1.82) is 0 Å². The number of carbonyl (C=O) groups is 1. The maximum absolute atomic E-state index is 13.1. The summed E-state index contributed by atoms with van der Waals surface area (Å²) in [6.07, 6.45) is -2.82. The molecule has 1 aliphatic heterocycles. The molecule has 122 valence electrons. The van der Waals surface area contributed by atoms with Crippen molar-refractivity contribution >= 4 is 22.4 Å². The van der Waals surface area contributed by atoms with Crippen molar-refractivity contribution in [3.05, 3.63) is 36.5 Å². The molecule has 2 heterocycles. The Hall–Kier alpha value is -2.09. The molecule has 1 fully saturated rings. The molecule has 0 radical (unpaired) electrons. The van der Waals surface area contributed by atoms with E-state index in [0.29, 0.717) is 5.13 Å². The number of benzene rings is 1. The van der Waals surface area contributed by atoms with Gasteiger partial charge in [-0.15, -0.1) is 0 Å². The third-order valence-electron chi connectivity index (χ3n) is 3.93. The molecule has 1 aromatic carbocycles. The van der Waals surface area contributed by atoms with Crippen LogP contribution >= 0.6 is 11.3 Å². The van der Waals surface area contributed by atoms with Crippen molar-refractivity contribution in [2.24, 2.45) is 17.6 Å². The van der Waals surface area contributed by atoms with Gasteiger partial charge in [0.15, 0.2) is 5.13 Å². The summed E-state index contributed by atoms with van der Waals surface area (Å²) < 4.78 is 39.2. The summed E-state index contributed by atoms with van der Waals surface area (Å²) in [5, 5.41) is 0.474. The van der Waals surface area contributed by atoms with E-state index < -0.39 is 23.9 Å². The summed E-state index contributed by atoms with van der Waals surface area (Å²) in [5.74, 6) is -3.90. The molecule has 2 aromatic rings. The fourth-order valence-corrected chi connectivity index (χ4v) is 3.67. The first-order chi connectivity index (χ1) is 10.9. The van der Waals surface area contributed by atoms with E-state index in [2.05, 4.69) is 4.98 Å². The molecule has 0 saturated carbocycles. The van der Waals surface area contributed by atoms with Crippen LogP contribution < -0.4 is 10.6 Å². The minimum absolute atomic E-state index is 0.0543. The topological polar surface area (TPSA) is 59.2 Å². The first-order valence-corrected chi connectivity index (χ1v) is 7.80. The zero-order chi connectivity index (χ0) is 16.6. The Morgan fingerprint density at radius 1 is 1.26 bits per heavy atom. The molecule has 0 spiro atoms. The number of rotatable bonds is 3. The molecule has 1 aromatic heterocycles. The number of aromatic nitrogens is 1. The summed E-state index contributed by atoms with van der Waals surface area (Å²) in [4.78, 5) is 17.9. The van der Waals surface area contributed by atoms with Gasteiger partial charge < -0.3 is 10.6 Å². The molecule has 0 bridgehead atoms. The van der Waals surface area contributed by atoms with Crippen LogP contribution in [0.1, 0.15) is 0 Å². The van der Waals surface area contributed by atoms with E-state index in [9.17, 15) is 18.0 Å². The molecule has 3 rings (SSSR count). The number of nitrogens with zero attached hydrogens (tertiary/aromatic N) is 2. The molecule has 23 heavy (non-hydrogen) atoms. The highest BCUT2D eigenvalue weighted by atomic mass is 32.1. The number of primary amides is 1. The van der Waals surface area contributed by atoms with E-state index in [4.69, 9.17) is 5.73 Å². The van der Waals surface area contributed by atoms with E-state index in [0.717, 1.165) is 10.4 Å². The number of hydrogen-bond donors (Lipinski definition) is 1. The van der Waals surface area contributed by atoms with Gasteiger partial charge in [0.2, 0.25) is 5.91 Å². The molecule has 1 aliphatic rings. The molecule has 2 N–H and O–H groups in total. The number of amides is 1. The van der Waals surface area contributed by atoms with Gasteiger partial charge in [0.25, 0.3) is 0 Å². The maximum atomic E-state index is 13.1. The normalized spacial score (nSPS) is 21.6.